The summed E-state index contributed by atoms with van der Waals surface area (Å²) in [7, 11) is 0. The smallest absolute Gasteiger partial charge is 0.366 e. The van der Waals surface area contributed by atoms with Crippen LogP contribution < -0.4 is 5.32 Å². The summed E-state index contributed by atoms with van der Waals surface area (Å²) >= 11 is 0. The number of nitrogens with one attached hydrogen (secondary N) is 1. The molecule has 2 aromatic rings. The molecule has 0 aliphatic rings. The van der Waals surface area contributed by atoms with Gasteiger partial charge in [0.25, 0.3) is 0 Å². The number of anilines is 1. The van der Waals surface area contributed by atoms with E-state index in [0.29, 0.717) is 17.7 Å². The normalized spacial score (nSPS) is 12.8. The third kappa shape index (κ3) is 5.73. The lowest BCUT2D eigenvalue weighted by atomic mass is 10.1. The summed E-state index contributed by atoms with van der Waals surface area (Å²) in [6.45, 7) is 4.56. The highest BCUT2D eigenvalue weighted by Gasteiger charge is 2.32. The number of aromatic nitrogens is 1. The standard InChI is InChI=1S/C19H16F5N3/c1-12(8-14(11-25-2)19(22,23)24)17-4-3-5-18(27-17)26-10-13-6-7-15(20)9-16(13)21/h3-9,11H,2,10H2,1H3,(H,26,27)/b12-8+,14-11+. The molecule has 1 heterocycles. The van der Waals surface area contributed by atoms with Crippen molar-refractivity contribution in [2.45, 2.75) is 19.6 Å². The first-order valence-corrected chi connectivity index (χ1v) is 7.77. The molecule has 2 rings (SSSR count). The molecule has 0 bridgehead atoms. The summed E-state index contributed by atoms with van der Waals surface area (Å²) in [6.07, 6.45) is -3.03. The third-order valence-corrected chi connectivity index (χ3v) is 3.56. The minimum absolute atomic E-state index is 0.0411. The van der Waals surface area contributed by atoms with E-state index in [0.717, 1.165) is 18.2 Å². The molecular formula is C19H16F5N3. The first kappa shape index (κ1) is 20.3. The highest BCUT2D eigenvalue weighted by molar-refractivity contribution is 5.65. The van der Waals surface area contributed by atoms with Crippen LogP contribution in [0.4, 0.5) is 27.8 Å². The number of halogens is 5. The minimum atomic E-state index is -4.57. The summed E-state index contributed by atoms with van der Waals surface area (Å²) in [5, 5.41) is 2.86. The van der Waals surface area contributed by atoms with Crippen LogP contribution in [-0.4, -0.2) is 17.9 Å². The van der Waals surface area contributed by atoms with Gasteiger partial charge in [0, 0.05) is 24.4 Å². The van der Waals surface area contributed by atoms with E-state index in [9.17, 15) is 22.0 Å². The van der Waals surface area contributed by atoms with Crippen LogP contribution in [0.2, 0.25) is 0 Å². The Labute approximate surface area is 153 Å². The van der Waals surface area contributed by atoms with Gasteiger partial charge in [-0.1, -0.05) is 12.1 Å². The van der Waals surface area contributed by atoms with E-state index in [1.807, 2.05) is 0 Å². The van der Waals surface area contributed by atoms with Crippen LogP contribution in [0.5, 0.6) is 0 Å². The molecule has 27 heavy (non-hydrogen) atoms. The molecule has 0 fully saturated rings. The van der Waals surface area contributed by atoms with Crippen LogP contribution in [0, 0.1) is 11.6 Å². The average Bonchev–Trinajstić information content (AvgIpc) is 2.60. The summed E-state index contributed by atoms with van der Waals surface area (Å²) in [6, 6.07) is 7.94. The van der Waals surface area contributed by atoms with Gasteiger partial charge in [-0.2, -0.15) is 13.2 Å². The first-order valence-electron chi connectivity index (χ1n) is 7.77. The fourth-order valence-corrected chi connectivity index (χ4v) is 2.20. The molecule has 0 saturated carbocycles. The molecular weight excluding hydrogens is 365 g/mol. The molecule has 0 atom stereocenters. The molecule has 0 saturated heterocycles. The van der Waals surface area contributed by atoms with Crippen molar-refractivity contribution in [3.8, 4) is 0 Å². The number of alkyl halides is 3. The number of benzene rings is 1. The van der Waals surface area contributed by atoms with E-state index in [4.69, 9.17) is 0 Å². The average molecular weight is 381 g/mol. The van der Waals surface area contributed by atoms with Crippen molar-refractivity contribution in [3.05, 3.63) is 77.1 Å². The SMILES string of the molecule is C=N/C=C(\C=C(/C)c1cccc(NCc2ccc(F)cc2F)n1)C(F)(F)F. The van der Waals surface area contributed by atoms with Gasteiger partial charge >= 0.3 is 6.18 Å². The molecule has 1 aromatic heterocycles. The Morgan fingerprint density at radius 3 is 2.59 bits per heavy atom. The Morgan fingerprint density at radius 2 is 1.96 bits per heavy atom. The third-order valence-electron chi connectivity index (χ3n) is 3.56. The lowest BCUT2D eigenvalue weighted by Crippen LogP contribution is -2.10. The number of hydrogen-bond acceptors (Lipinski definition) is 3. The van der Waals surface area contributed by atoms with Gasteiger partial charge < -0.3 is 5.32 Å². The fourth-order valence-electron chi connectivity index (χ4n) is 2.20. The van der Waals surface area contributed by atoms with Crippen molar-refractivity contribution < 1.29 is 22.0 Å². The van der Waals surface area contributed by atoms with Gasteiger partial charge in [0.05, 0.1) is 11.3 Å². The van der Waals surface area contributed by atoms with E-state index < -0.39 is 23.4 Å². The quantitative estimate of drug-likeness (QED) is 0.406. The summed E-state index contributed by atoms with van der Waals surface area (Å²) in [5.41, 5.74) is -0.156. The van der Waals surface area contributed by atoms with Crippen LogP contribution in [-0.2, 0) is 6.54 Å². The summed E-state index contributed by atoms with van der Waals surface area (Å²) in [5.74, 6) is -1.05. The predicted octanol–water partition coefficient (Wildman–Crippen LogP) is 5.52. The molecule has 3 nitrogen and oxygen atoms in total. The Bertz CT molecular complexity index is 885. The molecule has 1 aromatic carbocycles. The Kier molecular flexibility index (Phi) is 6.44. The van der Waals surface area contributed by atoms with Crippen LogP contribution >= 0.6 is 0 Å². The number of aliphatic imine (C=N–C) groups is 1. The van der Waals surface area contributed by atoms with Gasteiger partial charge in [0.1, 0.15) is 17.5 Å². The van der Waals surface area contributed by atoms with Gasteiger partial charge in [-0.3, -0.25) is 4.99 Å². The maximum absolute atomic E-state index is 13.7. The highest BCUT2D eigenvalue weighted by Crippen LogP contribution is 2.29. The lowest BCUT2D eigenvalue weighted by Gasteiger charge is -2.10. The molecule has 0 aliphatic heterocycles. The van der Waals surface area contributed by atoms with Crippen LogP contribution in [0.15, 0.2) is 59.2 Å². The largest absolute Gasteiger partial charge is 0.417 e. The molecule has 0 radical (unpaired) electrons. The number of allylic oxidation sites excluding steroid dienone is 3. The Morgan fingerprint density at radius 1 is 1.22 bits per heavy atom. The number of rotatable bonds is 6. The van der Waals surface area contributed by atoms with Crippen LogP contribution in [0.3, 0.4) is 0 Å². The van der Waals surface area contributed by atoms with E-state index >= 15 is 0 Å². The second-order valence-electron chi connectivity index (χ2n) is 5.59. The molecule has 142 valence electrons. The Hall–Kier alpha value is -3.03. The zero-order chi connectivity index (χ0) is 20.0. The number of pyridine rings is 1. The van der Waals surface area contributed by atoms with Crippen molar-refractivity contribution in [1.29, 1.82) is 0 Å². The van der Waals surface area contributed by atoms with E-state index in [-0.39, 0.29) is 17.7 Å². The number of hydrogen-bond donors (Lipinski definition) is 1. The van der Waals surface area contributed by atoms with Gasteiger partial charge in [0.2, 0.25) is 0 Å². The van der Waals surface area contributed by atoms with Crippen LogP contribution in [0.25, 0.3) is 5.57 Å². The lowest BCUT2D eigenvalue weighted by molar-refractivity contribution is -0.0883. The molecule has 0 amide bonds. The summed E-state index contributed by atoms with van der Waals surface area (Å²) in [4.78, 5) is 7.39. The maximum atomic E-state index is 13.7. The first-order chi connectivity index (χ1) is 12.7. The van der Waals surface area contributed by atoms with Gasteiger partial charge in [-0.05, 0) is 43.5 Å². The zero-order valence-electron chi connectivity index (χ0n) is 14.3. The minimum Gasteiger partial charge on any atom is -0.366 e. The second-order valence-corrected chi connectivity index (χ2v) is 5.59. The van der Waals surface area contributed by atoms with Crippen molar-refractivity contribution in [2.75, 3.05) is 5.32 Å². The molecule has 0 spiro atoms. The van der Waals surface area contributed by atoms with Crippen molar-refractivity contribution in [1.82, 2.24) is 4.98 Å². The van der Waals surface area contributed by atoms with Gasteiger partial charge in [-0.15, -0.1) is 0 Å². The number of nitrogens with zero attached hydrogens (tertiary/aromatic N) is 2. The monoisotopic (exact) mass is 381 g/mol. The fraction of sp³-hybridized carbons (Fsp3) is 0.158. The van der Waals surface area contributed by atoms with E-state index in [1.54, 1.807) is 18.2 Å². The van der Waals surface area contributed by atoms with Crippen molar-refractivity contribution in [3.63, 3.8) is 0 Å². The molecule has 1 N–H and O–H groups in total. The van der Waals surface area contributed by atoms with Crippen LogP contribution in [0.1, 0.15) is 18.2 Å². The predicted molar refractivity (Wildman–Crippen MR) is 95.3 cm³/mol. The molecule has 0 aliphatic carbocycles. The Balaban J connectivity index is 2.20. The maximum Gasteiger partial charge on any atom is 0.417 e. The van der Waals surface area contributed by atoms with Gasteiger partial charge in [-0.25, -0.2) is 13.8 Å². The van der Waals surface area contributed by atoms with Gasteiger partial charge in [0.15, 0.2) is 0 Å². The van der Waals surface area contributed by atoms with E-state index in [1.165, 1.54) is 13.0 Å². The van der Waals surface area contributed by atoms with E-state index in [2.05, 4.69) is 22.0 Å². The molecule has 0 unspecified atom stereocenters. The van der Waals surface area contributed by atoms with Crippen molar-refractivity contribution >= 4 is 18.1 Å². The molecule has 8 heteroatoms. The zero-order valence-corrected chi connectivity index (χ0v) is 14.3. The topological polar surface area (TPSA) is 37.3 Å². The highest BCUT2D eigenvalue weighted by atomic mass is 19.4. The summed E-state index contributed by atoms with van der Waals surface area (Å²) < 4.78 is 65.4. The second kappa shape index (κ2) is 8.57. The van der Waals surface area contributed by atoms with Crippen molar-refractivity contribution in [2.24, 2.45) is 4.99 Å².